The molecule has 0 atom stereocenters. The largest absolute Gasteiger partial charge is 0.375 e. The number of sulfonamides is 1. The van der Waals surface area contributed by atoms with E-state index in [4.69, 9.17) is 5.73 Å². The SMILES string of the molecule is CS(=O)(=O)N1CCN(c2ccc(Nc3cc(NC4(c5ccccc5)CC4)c(C(N)=O)cn3)nc2)CC1. The molecule has 1 saturated heterocycles. The number of amides is 1. The second-order valence-electron chi connectivity index (χ2n) is 9.23. The number of aromatic nitrogens is 2. The lowest BCUT2D eigenvalue weighted by molar-refractivity contribution is 0.100. The van der Waals surface area contributed by atoms with Crippen LogP contribution < -0.4 is 21.3 Å². The zero-order valence-corrected chi connectivity index (χ0v) is 20.8. The van der Waals surface area contributed by atoms with Crippen molar-refractivity contribution in [2.75, 3.05) is 48.0 Å². The summed E-state index contributed by atoms with van der Waals surface area (Å²) < 4.78 is 25.0. The van der Waals surface area contributed by atoms with Crippen LogP contribution in [0, 0.1) is 0 Å². The zero-order chi connectivity index (χ0) is 25.3. The third-order valence-electron chi connectivity index (χ3n) is 6.70. The fourth-order valence-electron chi connectivity index (χ4n) is 4.51. The molecule has 0 radical (unpaired) electrons. The van der Waals surface area contributed by atoms with E-state index in [0.29, 0.717) is 49.1 Å². The van der Waals surface area contributed by atoms with Gasteiger partial charge in [0.05, 0.1) is 34.9 Å². The Hall–Kier alpha value is -3.70. The second kappa shape index (κ2) is 9.40. The molecule has 1 saturated carbocycles. The van der Waals surface area contributed by atoms with Crippen LogP contribution in [0.4, 0.5) is 23.0 Å². The smallest absolute Gasteiger partial charge is 0.252 e. The van der Waals surface area contributed by atoms with Crippen LogP contribution in [0.1, 0.15) is 28.8 Å². The molecule has 3 aromatic rings. The van der Waals surface area contributed by atoms with Crippen LogP contribution in [-0.4, -0.2) is 61.0 Å². The van der Waals surface area contributed by atoms with Crippen LogP contribution in [0.3, 0.4) is 0 Å². The van der Waals surface area contributed by atoms with Gasteiger partial charge in [0.1, 0.15) is 11.6 Å². The van der Waals surface area contributed by atoms with Gasteiger partial charge >= 0.3 is 0 Å². The highest BCUT2D eigenvalue weighted by atomic mass is 32.2. The minimum absolute atomic E-state index is 0.217. The lowest BCUT2D eigenvalue weighted by atomic mass is 10.0. The van der Waals surface area contributed by atoms with Crippen LogP contribution in [0.5, 0.6) is 0 Å². The summed E-state index contributed by atoms with van der Waals surface area (Å²) in [6, 6.07) is 15.7. The number of nitrogens with two attached hydrogens (primary N) is 1. The molecule has 1 aromatic carbocycles. The molecule has 4 N–H and O–H groups in total. The van der Waals surface area contributed by atoms with Crippen LogP contribution in [-0.2, 0) is 15.6 Å². The Morgan fingerprint density at radius 1 is 0.972 bits per heavy atom. The monoisotopic (exact) mass is 507 g/mol. The van der Waals surface area contributed by atoms with Gasteiger partial charge in [-0.15, -0.1) is 0 Å². The quantitative estimate of drug-likeness (QED) is 0.424. The van der Waals surface area contributed by atoms with Gasteiger partial charge in [0, 0.05) is 38.4 Å². The molecular formula is C25H29N7O3S. The molecule has 11 heteroatoms. The van der Waals surface area contributed by atoms with Crippen molar-refractivity contribution in [3.8, 4) is 0 Å². The highest BCUT2D eigenvalue weighted by molar-refractivity contribution is 7.88. The molecule has 1 amide bonds. The Kier molecular flexibility index (Phi) is 6.27. The molecule has 5 rings (SSSR count). The molecule has 0 bridgehead atoms. The number of carbonyl (C=O) groups is 1. The van der Waals surface area contributed by atoms with Gasteiger partial charge in [0.15, 0.2) is 0 Å². The number of pyridine rings is 2. The average molecular weight is 508 g/mol. The summed E-state index contributed by atoms with van der Waals surface area (Å²) >= 11 is 0. The Morgan fingerprint density at radius 3 is 2.25 bits per heavy atom. The number of hydrogen-bond donors (Lipinski definition) is 3. The molecule has 2 aromatic heterocycles. The van der Waals surface area contributed by atoms with Gasteiger partial charge in [0.25, 0.3) is 5.91 Å². The molecule has 2 aliphatic rings. The fraction of sp³-hybridized carbons (Fsp3) is 0.320. The first kappa shape index (κ1) is 24.0. The normalized spacial score (nSPS) is 17.4. The van der Waals surface area contributed by atoms with Gasteiger partial charge in [-0.3, -0.25) is 4.79 Å². The summed E-state index contributed by atoms with van der Waals surface area (Å²) in [5, 5.41) is 6.73. The molecule has 1 aliphatic heterocycles. The first-order valence-corrected chi connectivity index (χ1v) is 13.7. The predicted octanol–water partition coefficient (Wildman–Crippen LogP) is 2.50. The lowest BCUT2D eigenvalue weighted by Crippen LogP contribution is -2.48. The van der Waals surface area contributed by atoms with E-state index in [9.17, 15) is 13.2 Å². The van der Waals surface area contributed by atoms with E-state index in [1.54, 1.807) is 12.3 Å². The summed E-state index contributed by atoms with van der Waals surface area (Å²) in [5.41, 5.74) is 8.46. The van der Waals surface area contributed by atoms with E-state index in [2.05, 4.69) is 37.6 Å². The maximum Gasteiger partial charge on any atom is 0.252 e. The third kappa shape index (κ3) is 5.12. The van der Waals surface area contributed by atoms with Crippen molar-refractivity contribution in [2.45, 2.75) is 18.4 Å². The first-order valence-electron chi connectivity index (χ1n) is 11.8. The minimum Gasteiger partial charge on any atom is -0.375 e. The summed E-state index contributed by atoms with van der Waals surface area (Å²) in [5.74, 6) is 0.593. The molecule has 0 unspecified atom stereocenters. The van der Waals surface area contributed by atoms with Crippen LogP contribution in [0.2, 0.25) is 0 Å². The molecular weight excluding hydrogens is 478 g/mol. The highest BCUT2D eigenvalue weighted by Gasteiger charge is 2.44. The average Bonchev–Trinajstić information content (AvgIpc) is 3.65. The van der Waals surface area contributed by atoms with E-state index in [1.807, 2.05) is 30.3 Å². The molecule has 1 aliphatic carbocycles. The predicted molar refractivity (Wildman–Crippen MR) is 140 cm³/mol. The van der Waals surface area contributed by atoms with E-state index in [1.165, 1.54) is 22.3 Å². The number of piperazine rings is 1. The number of nitrogens with one attached hydrogen (secondary N) is 2. The van der Waals surface area contributed by atoms with Gasteiger partial charge in [-0.2, -0.15) is 4.31 Å². The summed E-state index contributed by atoms with van der Waals surface area (Å²) in [6.45, 7) is 2.12. The molecule has 2 fully saturated rings. The summed E-state index contributed by atoms with van der Waals surface area (Å²) in [4.78, 5) is 23.0. The minimum atomic E-state index is -3.17. The van der Waals surface area contributed by atoms with Gasteiger partial charge in [-0.1, -0.05) is 30.3 Å². The number of rotatable bonds is 8. The van der Waals surface area contributed by atoms with Crippen LogP contribution >= 0.6 is 0 Å². The number of carbonyl (C=O) groups excluding carboxylic acids is 1. The van der Waals surface area contributed by atoms with Gasteiger partial charge in [0.2, 0.25) is 10.0 Å². The lowest BCUT2D eigenvalue weighted by Gasteiger charge is -2.34. The number of anilines is 4. The second-order valence-corrected chi connectivity index (χ2v) is 11.2. The maximum absolute atomic E-state index is 12.1. The zero-order valence-electron chi connectivity index (χ0n) is 20.0. The highest BCUT2D eigenvalue weighted by Crippen LogP contribution is 2.48. The summed E-state index contributed by atoms with van der Waals surface area (Å²) in [7, 11) is -3.17. The first-order chi connectivity index (χ1) is 17.2. The molecule has 10 nitrogen and oxygen atoms in total. The van der Waals surface area contributed by atoms with Crippen molar-refractivity contribution in [3.63, 3.8) is 0 Å². The third-order valence-corrected chi connectivity index (χ3v) is 8.00. The molecule has 188 valence electrons. The number of benzene rings is 1. The van der Waals surface area contributed by atoms with Crippen molar-refractivity contribution in [1.82, 2.24) is 14.3 Å². The molecule has 0 spiro atoms. The number of hydrogen-bond acceptors (Lipinski definition) is 8. The van der Waals surface area contributed by atoms with E-state index >= 15 is 0 Å². The van der Waals surface area contributed by atoms with Gasteiger partial charge < -0.3 is 21.3 Å². The topological polar surface area (TPSA) is 134 Å². The van der Waals surface area contributed by atoms with Crippen LogP contribution in [0.25, 0.3) is 0 Å². The van der Waals surface area contributed by atoms with E-state index in [0.717, 1.165) is 18.5 Å². The van der Waals surface area contributed by atoms with Crippen molar-refractivity contribution >= 4 is 38.9 Å². The van der Waals surface area contributed by atoms with Crippen molar-refractivity contribution in [1.29, 1.82) is 0 Å². The van der Waals surface area contributed by atoms with Gasteiger partial charge in [-0.25, -0.2) is 18.4 Å². The Morgan fingerprint density at radius 2 is 1.67 bits per heavy atom. The van der Waals surface area contributed by atoms with Crippen molar-refractivity contribution in [2.24, 2.45) is 5.73 Å². The van der Waals surface area contributed by atoms with Crippen LogP contribution in [0.15, 0.2) is 60.9 Å². The van der Waals surface area contributed by atoms with Crippen molar-refractivity contribution < 1.29 is 13.2 Å². The standard InChI is InChI=1S/C25H29N7O3S/c1-36(34,35)32-13-11-31(12-14-32)19-7-8-22(27-16-19)29-23-15-21(20(17-28-23)24(26)33)30-25(9-10-25)18-5-3-2-4-6-18/h2-8,15-17H,9-14H2,1H3,(H2,26,33)(H2,27,28,29,30). The number of nitrogens with zero attached hydrogens (tertiary/aromatic N) is 4. The van der Waals surface area contributed by atoms with Crippen molar-refractivity contribution in [3.05, 3.63) is 72.1 Å². The molecule has 36 heavy (non-hydrogen) atoms. The van der Waals surface area contributed by atoms with E-state index < -0.39 is 15.9 Å². The fourth-order valence-corrected chi connectivity index (χ4v) is 5.33. The Balaban J connectivity index is 1.29. The van der Waals surface area contributed by atoms with E-state index in [-0.39, 0.29) is 5.54 Å². The van der Waals surface area contributed by atoms with Gasteiger partial charge in [-0.05, 0) is 30.5 Å². The Bertz CT molecular complexity index is 1350. The summed E-state index contributed by atoms with van der Waals surface area (Å²) in [6.07, 6.45) is 6.39. The maximum atomic E-state index is 12.1. The molecule has 3 heterocycles. The Labute approximate surface area is 210 Å². The number of primary amides is 1.